The lowest BCUT2D eigenvalue weighted by molar-refractivity contribution is -0.150. The zero-order valence-corrected chi connectivity index (χ0v) is 13.2. The van der Waals surface area contributed by atoms with Crippen molar-refractivity contribution >= 4 is 11.8 Å². The molecular weight excluding hydrogens is 266 g/mol. The number of hydrogen-bond acceptors (Lipinski definition) is 4. The molecule has 1 aromatic rings. The fraction of sp³-hybridized carbons (Fsp3) is 0.688. The maximum Gasteiger partial charge on any atom is 0.311 e. The molecule has 0 amide bonds. The van der Waals surface area contributed by atoms with Gasteiger partial charge in [-0.05, 0) is 32.6 Å². The molecule has 1 aliphatic rings. The van der Waals surface area contributed by atoms with Crippen LogP contribution in [0.3, 0.4) is 0 Å². The van der Waals surface area contributed by atoms with Gasteiger partial charge in [-0.25, -0.2) is 9.97 Å². The van der Waals surface area contributed by atoms with Crippen LogP contribution in [0.15, 0.2) is 6.07 Å². The number of nitrogens with zero attached hydrogens (tertiary/aromatic N) is 3. The summed E-state index contributed by atoms with van der Waals surface area (Å²) in [5, 5.41) is 9.68. The topological polar surface area (TPSA) is 66.3 Å². The van der Waals surface area contributed by atoms with Crippen LogP contribution in [0, 0.1) is 12.3 Å². The molecule has 2 heterocycles. The maximum absolute atomic E-state index is 11.8. The summed E-state index contributed by atoms with van der Waals surface area (Å²) in [6.45, 7) is 7.44. The van der Waals surface area contributed by atoms with Gasteiger partial charge in [0.25, 0.3) is 0 Å². The Morgan fingerprint density at radius 1 is 1.43 bits per heavy atom. The van der Waals surface area contributed by atoms with Gasteiger partial charge in [0.05, 0.1) is 5.41 Å². The van der Waals surface area contributed by atoms with Gasteiger partial charge in [0.1, 0.15) is 11.6 Å². The van der Waals surface area contributed by atoms with Gasteiger partial charge in [-0.2, -0.15) is 0 Å². The van der Waals surface area contributed by atoms with Crippen molar-refractivity contribution in [2.24, 2.45) is 5.41 Å². The van der Waals surface area contributed by atoms with Crippen molar-refractivity contribution in [3.8, 4) is 0 Å². The number of piperidine rings is 1. The molecule has 5 heteroatoms. The van der Waals surface area contributed by atoms with Gasteiger partial charge in [-0.3, -0.25) is 4.79 Å². The van der Waals surface area contributed by atoms with Gasteiger partial charge in [-0.1, -0.05) is 20.3 Å². The van der Waals surface area contributed by atoms with Crippen molar-refractivity contribution in [1.29, 1.82) is 0 Å². The third kappa shape index (κ3) is 3.34. The molecule has 1 saturated heterocycles. The number of hydrogen-bond donors (Lipinski definition) is 1. The van der Waals surface area contributed by atoms with Gasteiger partial charge >= 0.3 is 5.97 Å². The molecule has 116 valence electrons. The zero-order chi connectivity index (χ0) is 15.5. The average molecular weight is 291 g/mol. The number of carboxylic acids is 1. The molecule has 0 saturated carbocycles. The quantitative estimate of drug-likeness (QED) is 0.903. The minimum absolute atomic E-state index is 0.551. The number of carbonyl (C=O) groups is 1. The number of aliphatic carboxylic acids is 1. The van der Waals surface area contributed by atoms with Gasteiger partial charge in [-0.15, -0.1) is 0 Å². The van der Waals surface area contributed by atoms with E-state index in [0.717, 1.165) is 56.0 Å². The number of rotatable bonds is 5. The number of aryl methyl sites for hydroxylation is 2. The lowest BCUT2D eigenvalue weighted by Crippen LogP contribution is -2.48. The van der Waals surface area contributed by atoms with Crippen molar-refractivity contribution in [3.05, 3.63) is 17.6 Å². The average Bonchev–Trinajstić information content (AvgIpc) is 2.47. The maximum atomic E-state index is 11.8. The van der Waals surface area contributed by atoms with Crippen LogP contribution >= 0.6 is 0 Å². The highest BCUT2D eigenvalue weighted by Crippen LogP contribution is 2.36. The Bertz CT molecular complexity index is 514. The molecule has 0 aromatic carbocycles. The van der Waals surface area contributed by atoms with E-state index in [1.807, 2.05) is 19.9 Å². The largest absolute Gasteiger partial charge is 0.481 e. The molecular formula is C16H25N3O2. The predicted octanol–water partition coefficient (Wildman–Crippen LogP) is 2.82. The number of carboxylic acid groups (broad SMARTS) is 1. The smallest absolute Gasteiger partial charge is 0.311 e. The standard InChI is InChI=1S/C16H25N3O2/c1-4-7-16(15(20)21)8-6-9-19(11-16)14-10-13(5-2)17-12(3)18-14/h10H,4-9,11H2,1-3H3,(H,20,21). The highest BCUT2D eigenvalue weighted by molar-refractivity contribution is 5.76. The third-order valence-corrected chi connectivity index (χ3v) is 4.32. The van der Waals surface area contributed by atoms with E-state index >= 15 is 0 Å². The first-order chi connectivity index (χ1) is 10.0. The highest BCUT2D eigenvalue weighted by atomic mass is 16.4. The van der Waals surface area contributed by atoms with Crippen molar-refractivity contribution in [1.82, 2.24) is 9.97 Å². The van der Waals surface area contributed by atoms with Crippen LogP contribution in [0.5, 0.6) is 0 Å². The summed E-state index contributed by atoms with van der Waals surface area (Å²) in [6, 6.07) is 2.00. The van der Waals surface area contributed by atoms with E-state index in [4.69, 9.17) is 0 Å². The Hall–Kier alpha value is -1.65. The molecule has 0 aliphatic carbocycles. The predicted molar refractivity (Wildman–Crippen MR) is 82.6 cm³/mol. The van der Waals surface area contributed by atoms with E-state index in [0.29, 0.717) is 6.54 Å². The van der Waals surface area contributed by atoms with Gasteiger partial charge in [0.2, 0.25) is 0 Å². The van der Waals surface area contributed by atoms with Gasteiger partial charge in [0, 0.05) is 24.8 Å². The van der Waals surface area contributed by atoms with Crippen LogP contribution in [0.25, 0.3) is 0 Å². The molecule has 1 aromatic heterocycles. The summed E-state index contributed by atoms with van der Waals surface area (Å²) in [5.41, 5.74) is 0.387. The number of aromatic nitrogens is 2. The fourth-order valence-electron chi connectivity index (χ4n) is 3.25. The van der Waals surface area contributed by atoms with Crippen LogP contribution < -0.4 is 4.90 Å². The van der Waals surface area contributed by atoms with E-state index in [-0.39, 0.29) is 0 Å². The van der Waals surface area contributed by atoms with Crippen LogP contribution in [0.4, 0.5) is 5.82 Å². The Morgan fingerprint density at radius 3 is 2.81 bits per heavy atom. The summed E-state index contributed by atoms with van der Waals surface area (Å²) in [5.74, 6) is 0.961. The molecule has 1 unspecified atom stereocenters. The van der Waals surface area contributed by atoms with Crippen molar-refractivity contribution in [3.63, 3.8) is 0 Å². The molecule has 0 spiro atoms. The Labute approximate surface area is 126 Å². The van der Waals surface area contributed by atoms with E-state index in [1.165, 1.54) is 0 Å². The monoisotopic (exact) mass is 291 g/mol. The number of anilines is 1. The third-order valence-electron chi connectivity index (χ3n) is 4.32. The Morgan fingerprint density at radius 2 is 2.19 bits per heavy atom. The highest BCUT2D eigenvalue weighted by Gasteiger charge is 2.41. The Balaban J connectivity index is 2.28. The molecule has 1 aliphatic heterocycles. The van der Waals surface area contributed by atoms with E-state index in [1.54, 1.807) is 0 Å². The second-order valence-corrected chi connectivity index (χ2v) is 5.98. The minimum Gasteiger partial charge on any atom is -0.481 e. The van der Waals surface area contributed by atoms with Crippen LogP contribution in [-0.2, 0) is 11.2 Å². The van der Waals surface area contributed by atoms with E-state index in [2.05, 4.69) is 21.8 Å². The molecule has 5 nitrogen and oxygen atoms in total. The second kappa shape index (κ2) is 6.41. The van der Waals surface area contributed by atoms with Crippen molar-refractivity contribution < 1.29 is 9.90 Å². The van der Waals surface area contributed by atoms with Crippen molar-refractivity contribution in [2.45, 2.75) is 52.9 Å². The zero-order valence-electron chi connectivity index (χ0n) is 13.2. The van der Waals surface area contributed by atoms with Crippen LogP contribution in [0.1, 0.15) is 51.0 Å². The first-order valence-corrected chi connectivity index (χ1v) is 7.83. The SMILES string of the molecule is CCCC1(C(=O)O)CCCN(c2cc(CC)nc(C)n2)C1. The lowest BCUT2D eigenvalue weighted by Gasteiger charge is -2.40. The Kier molecular flexibility index (Phi) is 4.80. The lowest BCUT2D eigenvalue weighted by atomic mass is 9.76. The minimum atomic E-state index is -0.671. The summed E-state index contributed by atoms with van der Waals surface area (Å²) < 4.78 is 0. The summed E-state index contributed by atoms with van der Waals surface area (Å²) >= 11 is 0. The van der Waals surface area contributed by atoms with E-state index in [9.17, 15) is 9.90 Å². The molecule has 1 atom stereocenters. The first-order valence-electron chi connectivity index (χ1n) is 7.83. The first kappa shape index (κ1) is 15.7. The van der Waals surface area contributed by atoms with Crippen molar-refractivity contribution in [2.75, 3.05) is 18.0 Å². The van der Waals surface area contributed by atoms with Gasteiger partial charge < -0.3 is 10.0 Å². The summed E-state index contributed by atoms with van der Waals surface area (Å²) in [7, 11) is 0. The summed E-state index contributed by atoms with van der Waals surface area (Å²) in [4.78, 5) is 22.8. The summed E-state index contributed by atoms with van der Waals surface area (Å²) in [6.07, 6.45) is 4.14. The molecule has 1 N–H and O–H groups in total. The van der Waals surface area contributed by atoms with Gasteiger partial charge in [0.15, 0.2) is 0 Å². The molecule has 2 rings (SSSR count). The fourth-order valence-corrected chi connectivity index (χ4v) is 3.25. The second-order valence-electron chi connectivity index (χ2n) is 5.98. The molecule has 21 heavy (non-hydrogen) atoms. The van der Waals surface area contributed by atoms with Crippen LogP contribution in [-0.4, -0.2) is 34.1 Å². The molecule has 0 bridgehead atoms. The van der Waals surface area contributed by atoms with Crippen LogP contribution in [0.2, 0.25) is 0 Å². The van der Waals surface area contributed by atoms with E-state index < -0.39 is 11.4 Å². The molecule has 0 radical (unpaired) electrons. The normalized spacial score (nSPS) is 22.3. The molecule has 1 fully saturated rings.